The number of nitrogens with one attached hydrogen (secondary N) is 1. The van der Waals surface area contributed by atoms with Gasteiger partial charge in [-0.1, -0.05) is 49.5 Å². The highest BCUT2D eigenvalue weighted by molar-refractivity contribution is 6.42. The maximum absolute atomic E-state index is 6.00. The highest BCUT2D eigenvalue weighted by Gasteiger charge is 2.17. The van der Waals surface area contributed by atoms with Crippen LogP contribution in [0.15, 0.2) is 18.2 Å². The summed E-state index contributed by atoms with van der Waals surface area (Å²) in [6.07, 6.45) is 2.26. The first-order valence-corrected chi connectivity index (χ1v) is 6.26. The number of nitrogens with two attached hydrogens (primary N) is 1. The molecule has 4 heteroatoms. The number of benzene rings is 1. The Labute approximate surface area is 107 Å². The van der Waals surface area contributed by atoms with Crippen LogP contribution in [0.2, 0.25) is 10.0 Å². The van der Waals surface area contributed by atoms with Gasteiger partial charge >= 0.3 is 0 Å². The maximum atomic E-state index is 6.00. The molecule has 0 saturated heterocycles. The second-order valence-electron chi connectivity index (χ2n) is 4.08. The normalized spacial score (nSPS) is 14.8. The third kappa shape index (κ3) is 3.36. The fourth-order valence-electron chi connectivity index (χ4n) is 1.92. The Balaban J connectivity index is 2.90. The Morgan fingerprint density at radius 1 is 1.31 bits per heavy atom. The molecule has 3 N–H and O–H groups in total. The van der Waals surface area contributed by atoms with Crippen molar-refractivity contribution in [1.29, 1.82) is 0 Å². The molecule has 1 rings (SSSR count). The summed E-state index contributed by atoms with van der Waals surface area (Å²) < 4.78 is 0. The van der Waals surface area contributed by atoms with Crippen molar-refractivity contribution < 1.29 is 0 Å². The van der Waals surface area contributed by atoms with E-state index in [1.165, 1.54) is 0 Å². The average Bonchev–Trinajstić information content (AvgIpc) is 2.25. The molecule has 2 nitrogen and oxygen atoms in total. The summed E-state index contributed by atoms with van der Waals surface area (Å²) in [6.45, 7) is 4.34. The van der Waals surface area contributed by atoms with E-state index in [1.54, 1.807) is 0 Å². The van der Waals surface area contributed by atoms with Gasteiger partial charge in [-0.25, -0.2) is 0 Å². The third-order valence-corrected chi connectivity index (χ3v) is 3.53. The first kappa shape index (κ1) is 13.8. The van der Waals surface area contributed by atoms with Crippen LogP contribution in [0.4, 0.5) is 0 Å². The molecule has 0 aliphatic rings. The van der Waals surface area contributed by atoms with Gasteiger partial charge in [0.1, 0.15) is 0 Å². The Hall–Kier alpha value is -0.280. The lowest BCUT2D eigenvalue weighted by Crippen LogP contribution is -2.32. The Morgan fingerprint density at radius 2 is 2.00 bits per heavy atom. The van der Waals surface area contributed by atoms with Crippen LogP contribution < -0.4 is 11.3 Å². The van der Waals surface area contributed by atoms with E-state index in [1.807, 2.05) is 18.2 Å². The van der Waals surface area contributed by atoms with E-state index in [-0.39, 0.29) is 6.04 Å². The van der Waals surface area contributed by atoms with Gasteiger partial charge in [0.2, 0.25) is 0 Å². The summed E-state index contributed by atoms with van der Waals surface area (Å²) in [6, 6.07) is 5.77. The number of hydrogen-bond donors (Lipinski definition) is 2. The van der Waals surface area contributed by atoms with Gasteiger partial charge in [-0.05, 0) is 30.0 Å². The number of halogens is 2. The van der Waals surface area contributed by atoms with Crippen molar-refractivity contribution >= 4 is 23.2 Å². The largest absolute Gasteiger partial charge is 0.271 e. The van der Waals surface area contributed by atoms with E-state index < -0.39 is 0 Å². The quantitative estimate of drug-likeness (QED) is 0.622. The smallest absolute Gasteiger partial charge is 0.0595 e. The third-order valence-electron chi connectivity index (χ3n) is 2.80. The Kier molecular flexibility index (Phi) is 5.56. The zero-order valence-electron chi connectivity index (χ0n) is 9.63. The van der Waals surface area contributed by atoms with Gasteiger partial charge in [0.05, 0.1) is 10.0 Å². The fourth-order valence-corrected chi connectivity index (χ4v) is 2.22. The molecule has 0 spiro atoms. The summed E-state index contributed by atoms with van der Waals surface area (Å²) in [5.74, 6) is 6.06. The molecule has 0 heterocycles. The molecule has 0 aliphatic carbocycles. The molecular formula is C12H18Cl2N2. The highest BCUT2D eigenvalue weighted by atomic mass is 35.5. The summed E-state index contributed by atoms with van der Waals surface area (Å²) in [5, 5.41) is 1.15. The number of hydrazine groups is 1. The fraction of sp³-hybridized carbons (Fsp3) is 0.500. The highest BCUT2D eigenvalue weighted by Crippen LogP contribution is 2.30. The number of rotatable bonds is 5. The van der Waals surface area contributed by atoms with E-state index in [0.717, 1.165) is 18.4 Å². The van der Waals surface area contributed by atoms with E-state index in [0.29, 0.717) is 16.0 Å². The van der Waals surface area contributed by atoms with Crippen molar-refractivity contribution in [2.45, 2.75) is 32.7 Å². The molecule has 0 radical (unpaired) electrons. The van der Waals surface area contributed by atoms with Crippen LogP contribution in [-0.4, -0.2) is 0 Å². The molecule has 0 aliphatic heterocycles. The van der Waals surface area contributed by atoms with Gasteiger partial charge in [0.15, 0.2) is 0 Å². The van der Waals surface area contributed by atoms with Crippen molar-refractivity contribution in [3.8, 4) is 0 Å². The molecule has 0 fully saturated rings. The average molecular weight is 261 g/mol. The summed E-state index contributed by atoms with van der Waals surface area (Å²) >= 11 is 11.9. The predicted octanol–water partition coefficient (Wildman–Crippen LogP) is 3.93. The molecule has 0 bridgehead atoms. The standard InChI is InChI=1S/C12H18Cl2N2/c1-3-4-8(2)12(16-15)9-5-6-10(13)11(14)7-9/h5-8,12,16H,3-4,15H2,1-2H3. The van der Waals surface area contributed by atoms with Crippen molar-refractivity contribution in [2.24, 2.45) is 11.8 Å². The minimum Gasteiger partial charge on any atom is -0.271 e. The first-order chi connectivity index (χ1) is 7.60. The molecule has 16 heavy (non-hydrogen) atoms. The molecule has 0 saturated carbocycles. The van der Waals surface area contributed by atoms with Crippen molar-refractivity contribution in [2.75, 3.05) is 0 Å². The van der Waals surface area contributed by atoms with Crippen molar-refractivity contribution in [3.63, 3.8) is 0 Å². The van der Waals surface area contributed by atoms with Crippen LogP contribution in [-0.2, 0) is 0 Å². The predicted molar refractivity (Wildman–Crippen MR) is 70.6 cm³/mol. The Bertz CT molecular complexity index is 342. The minimum absolute atomic E-state index is 0.120. The van der Waals surface area contributed by atoms with Gasteiger partial charge in [0.25, 0.3) is 0 Å². The van der Waals surface area contributed by atoms with E-state index in [9.17, 15) is 0 Å². The summed E-state index contributed by atoms with van der Waals surface area (Å²) in [7, 11) is 0. The number of hydrogen-bond acceptors (Lipinski definition) is 2. The lowest BCUT2D eigenvalue weighted by Gasteiger charge is -2.23. The van der Waals surface area contributed by atoms with E-state index in [4.69, 9.17) is 29.0 Å². The maximum Gasteiger partial charge on any atom is 0.0595 e. The lowest BCUT2D eigenvalue weighted by atomic mass is 9.91. The van der Waals surface area contributed by atoms with Crippen LogP contribution >= 0.6 is 23.2 Å². The monoisotopic (exact) mass is 260 g/mol. The van der Waals surface area contributed by atoms with Crippen LogP contribution in [0, 0.1) is 5.92 Å². The topological polar surface area (TPSA) is 38.0 Å². The van der Waals surface area contributed by atoms with Gasteiger partial charge in [-0.3, -0.25) is 11.3 Å². The Morgan fingerprint density at radius 3 is 2.50 bits per heavy atom. The molecule has 0 aromatic heterocycles. The van der Waals surface area contributed by atoms with Gasteiger partial charge < -0.3 is 0 Å². The van der Waals surface area contributed by atoms with Gasteiger partial charge in [0, 0.05) is 6.04 Å². The van der Waals surface area contributed by atoms with Crippen molar-refractivity contribution in [1.82, 2.24) is 5.43 Å². The lowest BCUT2D eigenvalue weighted by molar-refractivity contribution is 0.368. The van der Waals surface area contributed by atoms with Gasteiger partial charge in [-0.15, -0.1) is 0 Å². The molecule has 2 atom stereocenters. The SMILES string of the molecule is CCCC(C)C(NN)c1ccc(Cl)c(Cl)c1. The van der Waals surface area contributed by atoms with E-state index >= 15 is 0 Å². The molecular weight excluding hydrogens is 243 g/mol. The van der Waals surface area contributed by atoms with Crippen LogP contribution in [0.25, 0.3) is 0 Å². The zero-order chi connectivity index (χ0) is 12.1. The second-order valence-corrected chi connectivity index (χ2v) is 4.90. The van der Waals surface area contributed by atoms with Crippen LogP contribution in [0.1, 0.15) is 38.3 Å². The van der Waals surface area contributed by atoms with E-state index in [2.05, 4.69) is 19.3 Å². The molecule has 0 amide bonds. The molecule has 90 valence electrons. The summed E-state index contributed by atoms with van der Waals surface area (Å²) in [5.41, 5.74) is 3.93. The molecule has 1 aromatic rings. The summed E-state index contributed by atoms with van der Waals surface area (Å²) in [4.78, 5) is 0. The molecule has 1 aromatic carbocycles. The van der Waals surface area contributed by atoms with Gasteiger partial charge in [-0.2, -0.15) is 0 Å². The van der Waals surface area contributed by atoms with Crippen molar-refractivity contribution in [3.05, 3.63) is 33.8 Å². The first-order valence-electron chi connectivity index (χ1n) is 5.51. The second kappa shape index (κ2) is 6.45. The van der Waals surface area contributed by atoms with Crippen LogP contribution in [0.3, 0.4) is 0 Å². The molecule has 2 unspecified atom stereocenters. The van der Waals surface area contributed by atoms with Crippen LogP contribution in [0.5, 0.6) is 0 Å². The zero-order valence-corrected chi connectivity index (χ0v) is 11.1. The minimum atomic E-state index is 0.120.